The van der Waals surface area contributed by atoms with Gasteiger partial charge in [-0.05, 0) is 30.3 Å². The molecule has 4 heteroatoms. The van der Waals surface area contributed by atoms with E-state index < -0.39 is 0 Å². The second-order valence-corrected chi connectivity index (χ2v) is 4.42. The molecular weight excluding hydrogens is 252 g/mol. The van der Waals surface area contributed by atoms with Gasteiger partial charge in [-0.1, -0.05) is 19.1 Å². The summed E-state index contributed by atoms with van der Waals surface area (Å²) in [6.07, 6.45) is 3.55. The summed E-state index contributed by atoms with van der Waals surface area (Å²) < 4.78 is 11.2. The van der Waals surface area contributed by atoms with E-state index in [2.05, 4.69) is 17.2 Å². The quantitative estimate of drug-likeness (QED) is 0.841. The van der Waals surface area contributed by atoms with Crippen LogP contribution in [0.2, 0.25) is 0 Å². The Morgan fingerprint density at radius 3 is 2.75 bits per heavy atom. The topological polar surface area (TPSA) is 43.4 Å². The number of methoxy groups -OCH3 is 1. The fourth-order valence-electron chi connectivity index (χ4n) is 1.86. The van der Waals surface area contributed by atoms with E-state index in [4.69, 9.17) is 9.47 Å². The first-order chi connectivity index (χ1) is 9.83. The van der Waals surface area contributed by atoms with Gasteiger partial charge >= 0.3 is 0 Å². The van der Waals surface area contributed by atoms with Crippen LogP contribution in [-0.4, -0.2) is 18.6 Å². The van der Waals surface area contributed by atoms with Gasteiger partial charge in [0.1, 0.15) is 6.61 Å². The van der Waals surface area contributed by atoms with Crippen molar-refractivity contribution < 1.29 is 9.47 Å². The van der Waals surface area contributed by atoms with Gasteiger partial charge in [-0.15, -0.1) is 0 Å². The molecule has 0 aliphatic heterocycles. The lowest BCUT2D eigenvalue weighted by molar-refractivity contribution is 0.284. The summed E-state index contributed by atoms with van der Waals surface area (Å²) in [7, 11) is 1.65. The van der Waals surface area contributed by atoms with Crippen molar-refractivity contribution in [3.8, 4) is 11.5 Å². The molecule has 0 atom stereocenters. The Bertz CT molecular complexity index is 529. The first kappa shape index (κ1) is 14.3. The van der Waals surface area contributed by atoms with Gasteiger partial charge in [0.15, 0.2) is 11.5 Å². The van der Waals surface area contributed by atoms with E-state index in [0.717, 1.165) is 30.2 Å². The average molecular weight is 272 g/mol. The van der Waals surface area contributed by atoms with Crippen LogP contribution in [0.3, 0.4) is 0 Å². The lowest BCUT2D eigenvalue weighted by atomic mass is 10.2. The Morgan fingerprint density at radius 2 is 2.05 bits per heavy atom. The van der Waals surface area contributed by atoms with Crippen molar-refractivity contribution in [2.75, 3.05) is 13.7 Å². The van der Waals surface area contributed by atoms with Crippen LogP contribution in [0.4, 0.5) is 0 Å². The normalized spacial score (nSPS) is 10.3. The maximum atomic E-state index is 5.84. The minimum absolute atomic E-state index is 0.481. The summed E-state index contributed by atoms with van der Waals surface area (Å²) in [5.41, 5.74) is 2.21. The van der Waals surface area contributed by atoms with E-state index in [-0.39, 0.29) is 0 Å². The zero-order chi connectivity index (χ0) is 14.2. The van der Waals surface area contributed by atoms with Crippen LogP contribution in [-0.2, 0) is 13.2 Å². The number of hydrogen-bond donors (Lipinski definition) is 1. The van der Waals surface area contributed by atoms with Crippen LogP contribution in [0, 0.1) is 0 Å². The Hall–Kier alpha value is -2.07. The van der Waals surface area contributed by atoms with Gasteiger partial charge in [-0.25, -0.2) is 0 Å². The van der Waals surface area contributed by atoms with Crippen molar-refractivity contribution in [3.63, 3.8) is 0 Å². The van der Waals surface area contributed by atoms with E-state index in [1.165, 1.54) is 5.56 Å². The van der Waals surface area contributed by atoms with E-state index >= 15 is 0 Å². The minimum Gasteiger partial charge on any atom is -0.493 e. The zero-order valence-electron chi connectivity index (χ0n) is 11.9. The van der Waals surface area contributed by atoms with Gasteiger partial charge in [-0.2, -0.15) is 0 Å². The number of aromatic nitrogens is 1. The van der Waals surface area contributed by atoms with Crippen LogP contribution in [0.25, 0.3) is 0 Å². The standard InChI is InChI=1S/C16H20N2O2/c1-3-17-10-13-6-7-15(19-2)16(9-13)20-12-14-5-4-8-18-11-14/h4-9,11,17H,3,10,12H2,1-2H3. The third-order valence-corrected chi connectivity index (χ3v) is 2.92. The van der Waals surface area contributed by atoms with Crippen LogP contribution < -0.4 is 14.8 Å². The molecule has 2 aromatic rings. The molecule has 0 unspecified atom stereocenters. The van der Waals surface area contributed by atoms with E-state index in [9.17, 15) is 0 Å². The number of ether oxygens (including phenoxy) is 2. The second-order valence-electron chi connectivity index (χ2n) is 4.42. The predicted octanol–water partition coefficient (Wildman–Crippen LogP) is 2.78. The molecule has 1 heterocycles. The smallest absolute Gasteiger partial charge is 0.161 e. The summed E-state index contributed by atoms with van der Waals surface area (Å²) in [5.74, 6) is 1.50. The molecule has 20 heavy (non-hydrogen) atoms. The fourth-order valence-corrected chi connectivity index (χ4v) is 1.86. The molecule has 0 aliphatic rings. The lowest BCUT2D eigenvalue weighted by Gasteiger charge is -2.12. The highest BCUT2D eigenvalue weighted by molar-refractivity contribution is 5.43. The monoisotopic (exact) mass is 272 g/mol. The Balaban J connectivity index is 2.07. The number of pyridine rings is 1. The molecule has 1 aromatic heterocycles. The molecule has 1 aromatic carbocycles. The molecular formula is C16H20N2O2. The van der Waals surface area contributed by atoms with E-state index in [0.29, 0.717) is 6.61 Å². The van der Waals surface area contributed by atoms with E-state index in [1.807, 2.05) is 30.3 Å². The SMILES string of the molecule is CCNCc1ccc(OC)c(OCc2cccnc2)c1. The van der Waals surface area contributed by atoms with Crippen LogP contribution in [0.1, 0.15) is 18.1 Å². The molecule has 0 bridgehead atoms. The number of nitrogens with one attached hydrogen (secondary N) is 1. The molecule has 0 fully saturated rings. The summed E-state index contributed by atoms with van der Waals surface area (Å²) in [4.78, 5) is 4.08. The second kappa shape index (κ2) is 7.50. The lowest BCUT2D eigenvalue weighted by Crippen LogP contribution is -2.11. The van der Waals surface area contributed by atoms with Crippen molar-refractivity contribution in [2.45, 2.75) is 20.1 Å². The molecule has 1 N–H and O–H groups in total. The van der Waals surface area contributed by atoms with Gasteiger partial charge in [0.2, 0.25) is 0 Å². The van der Waals surface area contributed by atoms with Gasteiger partial charge in [0, 0.05) is 24.5 Å². The number of nitrogens with zero attached hydrogens (tertiary/aromatic N) is 1. The summed E-state index contributed by atoms with van der Waals surface area (Å²) in [6, 6.07) is 9.88. The largest absolute Gasteiger partial charge is 0.493 e. The van der Waals surface area contributed by atoms with Crippen molar-refractivity contribution in [3.05, 3.63) is 53.9 Å². The van der Waals surface area contributed by atoms with Crippen LogP contribution >= 0.6 is 0 Å². The molecule has 2 rings (SSSR count). The average Bonchev–Trinajstić information content (AvgIpc) is 2.52. The van der Waals surface area contributed by atoms with Crippen LogP contribution in [0.15, 0.2) is 42.7 Å². The molecule has 0 amide bonds. The molecule has 0 saturated carbocycles. The fraction of sp³-hybridized carbons (Fsp3) is 0.312. The predicted molar refractivity (Wildman–Crippen MR) is 78.9 cm³/mol. The molecule has 0 aliphatic carbocycles. The van der Waals surface area contributed by atoms with Gasteiger partial charge < -0.3 is 14.8 Å². The highest BCUT2D eigenvalue weighted by Gasteiger charge is 2.06. The first-order valence-electron chi connectivity index (χ1n) is 6.72. The third kappa shape index (κ3) is 3.96. The number of benzene rings is 1. The number of hydrogen-bond acceptors (Lipinski definition) is 4. The van der Waals surface area contributed by atoms with Crippen molar-refractivity contribution in [1.29, 1.82) is 0 Å². The van der Waals surface area contributed by atoms with Gasteiger partial charge in [0.05, 0.1) is 7.11 Å². The molecule has 0 saturated heterocycles. The molecule has 106 valence electrons. The summed E-state index contributed by atoms with van der Waals surface area (Å²) in [6.45, 7) is 4.33. The highest BCUT2D eigenvalue weighted by atomic mass is 16.5. The molecule has 0 spiro atoms. The Morgan fingerprint density at radius 1 is 1.15 bits per heavy atom. The summed E-state index contributed by atoms with van der Waals surface area (Å²) in [5, 5.41) is 3.30. The van der Waals surface area contributed by atoms with E-state index in [1.54, 1.807) is 19.5 Å². The van der Waals surface area contributed by atoms with Crippen molar-refractivity contribution in [2.24, 2.45) is 0 Å². The zero-order valence-corrected chi connectivity index (χ0v) is 11.9. The Labute approximate surface area is 119 Å². The maximum Gasteiger partial charge on any atom is 0.161 e. The minimum atomic E-state index is 0.481. The summed E-state index contributed by atoms with van der Waals surface area (Å²) >= 11 is 0. The molecule has 0 radical (unpaired) electrons. The number of rotatable bonds is 7. The van der Waals surface area contributed by atoms with Gasteiger partial charge in [0.25, 0.3) is 0 Å². The van der Waals surface area contributed by atoms with Crippen LogP contribution in [0.5, 0.6) is 11.5 Å². The Kier molecular flexibility index (Phi) is 5.38. The van der Waals surface area contributed by atoms with Crippen molar-refractivity contribution in [1.82, 2.24) is 10.3 Å². The molecule has 4 nitrogen and oxygen atoms in total. The van der Waals surface area contributed by atoms with Gasteiger partial charge in [-0.3, -0.25) is 4.98 Å². The maximum absolute atomic E-state index is 5.84. The highest BCUT2D eigenvalue weighted by Crippen LogP contribution is 2.28. The first-order valence-corrected chi connectivity index (χ1v) is 6.72. The third-order valence-electron chi connectivity index (χ3n) is 2.92. The van der Waals surface area contributed by atoms with Crippen molar-refractivity contribution >= 4 is 0 Å².